The highest BCUT2D eigenvalue weighted by Gasteiger charge is 2.33. The van der Waals surface area contributed by atoms with Gasteiger partial charge in [0.05, 0.1) is 0 Å². The maximum atomic E-state index is 13.1. The van der Waals surface area contributed by atoms with Gasteiger partial charge in [-0.05, 0) is 162 Å². The number of carboxylic acid groups (broad SMARTS) is 1. The van der Waals surface area contributed by atoms with Gasteiger partial charge >= 0.3 is 5.97 Å². The summed E-state index contributed by atoms with van der Waals surface area (Å²) in [5.41, 5.74) is 9.71. The van der Waals surface area contributed by atoms with E-state index in [1.165, 1.54) is 70.0 Å². The third-order valence-electron chi connectivity index (χ3n) is 14.8. The number of nitrogens with zero attached hydrogens (tertiary/aromatic N) is 4. The van der Waals surface area contributed by atoms with Crippen LogP contribution in [0.25, 0.3) is 21.8 Å². The van der Waals surface area contributed by atoms with Crippen LogP contribution in [0.4, 0.5) is 0 Å². The highest BCUT2D eigenvalue weighted by Crippen LogP contribution is 2.41. The van der Waals surface area contributed by atoms with Crippen LogP contribution in [0.1, 0.15) is 121 Å². The number of fused-ring (bicyclic) bond motifs is 6. The zero-order valence-electron chi connectivity index (χ0n) is 38.5. The number of aromatic nitrogens is 2. The largest absolute Gasteiger partial charge is 0.481 e. The summed E-state index contributed by atoms with van der Waals surface area (Å²) in [6.45, 7) is 10.9. The number of hydrogen-bond donors (Lipinski definition) is 2. The summed E-state index contributed by atoms with van der Waals surface area (Å²) in [6, 6.07) is 12.3. The standard InChI is InChI=1S/C26H37N3O3.C25H34N2O4/c1-4-29-23-9-7-19(18-11-14-32-15-12-18)16-21(23)22-17-20(8-10-24(22)29)26(31)28(3)13-5-6-25(30)27-2;1-3-27-22-8-6-18(17-10-13-31-14-11-17)15-20(22)21-16-19(7-9-23(21)27)25(30)26(2)12-4-5-24(28)29/h8,10,17-19H,4-7,9,11-16H2,1-3H3,(H,27,30);7,9,16-18H,3-6,8,10-15H2,1-2H3,(H,28,29). The fraction of sp³-hybridized carbons (Fsp3) is 0.608. The summed E-state index contributed by atoms with van der Waals surface area (Å²) in [5.74, 6) is 2.09. The molecule has 0 radical (unpaired) electrons. The van der Waals surface area contributed by atoms with Gasteiger partial charge in [-0.25, -0.2) is 0 Å². The Hall–Kier alpha value is -4.68. The average Bonchev–Trinajstić information content (AvgIpc) is 3.81. The highest BCUT2D eigenvalue weighted by atomic mass is 16.5. The fourth-order valence-corrected chi connectivity index (χ4v) is 11.2. The normalized spacial score (nSPS) is 19.2. The van der Waals surface area contributed by atoms with Gasteiger partial charge in [-0.1, -0.05) is 0 Å². The molecule has 12 heteroatoms. The van der Waals surface area contributed by atoms with Crippen LogP contribution in [0.3, 0.4) is 0 Å². The molecule has 2 fully saturated rings. The van der Waals surface area contributed by atoms with E-state index in [2.05, 4.69) is 52.6 Å². The Morgan fingerprint density at radius 2 is 1.08 bits per heavy atom. The molecule has 2 saturated heterocycles. The number of amides is 3. The Morgan fingerprint density at radius 3 is 1.48 bits per heavy atom. The van der Waals surface area contributed by atoms with Crippen molar-refractivity contribution in [2.75, 3.05) is 60.7 Å². The van der Waals surface area contributed by atoms with E-state index in [0.717, 1.165) is 95.4 Å². The SMILES string of the molecule is CCn1c2c(c3cc(C(=O)N(C)CCCC(=O)NC)ccc31)CC(C1CCOCC1)CC2.CCn1c2c(c3cc(C(=O)N(C)CCCC(=O)O)ccc31)CC(C1CCOCC1)CC2. The van der Waals surface area contributed by atoms with Crippen LogP contribution < -0.4 is 5.32 Å². The molecule has 0 bridgehead atoms. The molecule has 342 valence electrons. The first-order valence-electron chi connectivity index (χ1n) is 23.9. The molecule has 63 heavy (non-hydrogen) atoms. The van der Waals surface area contributed by atoms with Crippen molar-refractivity contribution in [2.45, 2.75) is 117 Å². The molecular weight excluding hydrogens is 795 g/mol. The summed E-state index contributed by atoms with van der Waals surface area (Å²) in [4.78, 5) is 51.7. The molecule has 2 unspecified atom stereocenters. The molecule has 12 nitrogen and oxygen atoms in total. The summed E-state index contributed by atoms with van der Waals surface area (Å²) in [6.07, 6.45) is 13.3. The molecule has 2 N–H and O–H groups in total. The van der Waals surface area contributed by atoms with E-state index in [4.69, 9.17) is 14.6 Å². The molecule has 4 aromatic rings. The molecule has 4 aliphatic rings. The lowest BCUT2D eigenvalue weighted by Gasteiger charge is -2.33. The third kappa shape index (κ3) is 10.5. The lowest BCUT2D eigenvalue weighted by Crippen LogP contribution is -2.29. The monoisotopic (exact) mass is 866 g/mol. The van der Waals surface area contributed by atoms with E-state index in [9.17, 15) is 19.2 Å². The molecule has 2 aromatic heterocycles. The molecule has 8 rings (SSSR count). The number of aliphatic carboxylic acids is 1. The van der Waals surface area contributed by atoms with Crippen molar-refractivity contribution in [2.24, 2.45) is 23.7 Å². The number of rotatable bonds is 14. The topological polar surface area (TPSA) is 135 Å². The van der Waals surface area contributed by atoms with E-state index in [1.807, 2.05) is 19.2 Å². The van der Waals surface area contributed by atoms with Crippen molar-refractivity contribution >= 4 is 45.5 Å². The lowest BCUT2D eigenvalue weighted by atomic mass is 9.75. The van der Waals surface area contributed by atoms with E-state index >= 15 is 0 Å². The van der Waals surface area contributed by atoms with Gasteiger partial charge in [-0.2, -0.15) is 0 Å². The molecule has 2 atom stereocenters. The highest BCUT2D eigenvalue weighted by molar-refractivity contribution is 6.00. The molecule has 2 aliphatic heterocycles. The number of carboxylic acids is 1. The number of hydrogen-bond acceptors (Lipinski definition) is 6. The van der Waals surface area contributed by atoms with Crippen molar-refractivity contribution in [1.82, 2.24) is 24.3 Å². The van der Waals surface area contributed by atoms with Gasteiger partial charge in [0.25, 0.3) is 11.8 Å². The average molecular weight is 866 g/mol. The Morgan fingerprint density at radius 1 is 0.651 bits per heavy atom. The molecule has 3 amide bonds. The first-order valence-corrected chi connectivity index (χ1v) is 23.9. The maximum Gasteiger partial charge on any atom is 0.303 e. The Kier molecular flexibility index (Phi) is 15.7. The quantitative estimate of drug-likeness (QED) is 0.132. The van der Waals surface area contributed by atoms with Crippen molar-refractivity contribution < 1.29 is 33.8 Å². The smallest absolute Gasteiger partial charge is 0.303 e. The number of carbonyl (C=O) groups is 4. The van der Waals surface area contributed by atoms with Crippen LogP contribution in [-0.4, -0.2) is 108 Å². The molecule has 2 aliphatic carbocycles. The van der Waals surface area contributed by atoms with Gasteiger partial charge in [-0.3, -0.25) is 19.2 Å². The molecule has 2 aromatic carbocycles. The van der Waals surface area contributed by atoms with Gasteiger partial charge < -0.3 is 38.8 Å². The van der Waals surface area contributed by atoms with Gasteiger partial charge in [0.1, 0.15) is 0 Å². The predicted molar refractivity (Wildman–Crippen MR) is 247 cm³/mol. The molecular formula is C51H71N5O7. The number of carbonyl (C=O) groups excluding carboxylic acids is 3. The second-order valence-electron chi connectivity index (χ2n) is 18.4. The van der Waals surface area contributed by atoms with Crippen LogP contribution in [0.15, 0.2) is 36.4 Å². The van der Waals surface area contributed by atoms with Crippen LogP contribution in [-0.2, 0) is 57.8 Å². The zero-order chi connectivity index (χ0) is 44.6. The van der Waals surface area contributed by atoms with E-state index < -0.39 is 5.97 Å². The second-order valence-corrected chi connectivity index (χ2v) is 18.4. The second kappa shape index (κ2) is 21.3. The van der Waals surface area contributed by atoms with Gasteiger partial charge in [0.15, 0.2) is 0 Å². The zero-order valence-corrected chi connectivity index (χ0v) is 38.5. The Bertz CT molecular complexity index is 2250. The Labute approximate surface area is 373 Å². The van der Waals surface area contributed by atoms with Crippen LogP contribution in [0.5, 0.6) is 0 Å². The van der Waals surface area contributed by atoms with Gasteiger partial charge in [0, 0.05) is 131 Å². The predicted octanol–water partition coefficient (Wildman–Crippen LogP) is 7.92. The van der Waals surface area contributed by atoms with E-state index in [1.54, 1.807) is 23.9 Å². The maximum absolute atomic E-state index is 13.1. The number of nitrogens with one attached hydrogen (secondary N) is 1. The lowest BCUT2D eigenvalue weighted by molar-refractivity contribution is -0.137. The minimum Gasteiger partial charge on any atom is -0.481 e. The number of benzene rings is 2. The van der Waals surface area contributed by atoms with Crippen LogP contribution >= 0.6 is 0 Å². The number of ether oxygens (including phenoxy) is 2. The summed E-state index contributed by atoms with van der Waals surface area (Å²) in [7, 11) is 5.22. The first-order chi connectivity index (χ1) is 30.5. The minimum atomic E-state index is -0.825. The fourth-order valence-electron chi connectivity index (χ4n) is 11.2. The first kappa shape index (κ1) is 46.3. The number of aryl methyl sites for hydroxylation is 2. The van der Waals surface area contributed by atoms with Crippen LogP contribution in [0, 0.1) is 23.7 Å². The summed E-state index contributed by atoms with van der Waals surface area (Å²) < 4.78 is 16.1. The van der Waals surface area contributed by atoms with Gasteiger partial charge in [0.2, 0.25) is 5.91 Å². The Balaban J connectivity index is 0.000000189. The van der Waals surface area contributed by atoms with Crippen LogP contribution in [0.2, 0.25) is 0 Å². The van der Waals surface area contributed by atoms with Gasteiger partial charge in [-0.15, -0.1) is 0 Å². The van der Waals surface area contributed by atoms with Crippen molar-refractivity contribution in [1.29, 1.82) is 0 Å². The summed E-state index contributed by atoms with van der Waals surface area (Å²) >= 11 is 0. The third-order valence-corrected chi connectivity index (χ3v) is 14.8. The van der Waals surface area contributed by atoms with E-state index in [-0.39, 0.29) is 24.1 Å². The molecule has 4 heterocycles. The van der Waals surface area contributed by atoms with E-state index in [0.29, 0.717) is 49.8 Å². The summed E-state index contributed by atoms with van der Waals surface area (Å²) in [5, 5.41) is 13.9. The van der Waals surface area contributed by atoms with Crippen molar-refractivity contribution in [3.8, 4) is 0 Å². The van der Waals surface area contributed by atoms with Crippen molar-refractivity contribution in [3.63, 3.8) is 0 Å². The van der Waals surface area contributed by atoms with Crippen molar-refractivity contribution in [3.05, 3.63) is 70.0 Å². The molecule has 0 spiro atoms. The minimum absolute atomic E-state index is 0.0129. The molecule has 0 saturated carbocycles.